The smallest absolute Gasteiger partial charge is 0.410 e. The van der Waals surface area contributed by atoms with Gasteiger partial charge in [-0.25, -0.2) is 4.79 Å². The van der Waals surface area contributed by atoms with Gasteiger partial charge in [-0.2, -0.15) is 8.78 Å². The maximum atomic E-state index is 13.6. The van der Waals surface area contributed by atoms with Crippen molar-refractivity contribution < 1.29 is 28.2 Å². The third kappa shape index (κ3) is 3.53. The predicted molar refractivity (Wildman–Crippen MR) is 67.5 cm³/mol. The van der Waals surface area contributed by atoms with Crippen molar-refractivity contribution in [2.75, 3.05) is 13.1 Å². The Morgan fingerprint density at radius 3 is 2.65 bits per heavy atom. The molecule has 0 saturated heterocycles. The van der Waals surface area contributed by atoms with Gasteiger partial charge in [0, 0.05) is 13.1 Å². The molecular formula is C13H19F2NO4. The van der Waals surface area contributed by atoms with Crippen LogP contribution < -0.4 is 0 Å². The predicted octanol–water partition coefficient (Wildman–Crippen LogP) is 1.75. The SMILES string of the molecule is CCN(CC)C(=O)O[C@@H]1CC/C=C\[C@H](O)C(F)(F)C1=O. The van der Waals surface area contributed by atoms with Gasteiger partial charge >= 0.3 is 12.0 Å². The fourth-order valence-electron chi connectivity index (χ4n) is 1.88. The summed E-state index contributed by atoms with van der Waals surface area (Å²) in [7, 11) is 0. The highest BCUT2D eigenvalue weighted by Crippen LogP contribution is 2.27. The first-order valence-electron chi connectivity index (χ1n) is 6.57. The first kappa shape index (κ1) is 16.6. The van der Waals surface area contributed by atoms with Crippen molar-refractivity contribution in [1.29, 1.82) is 0 Å². The molecule has 0 fully saturated rings. The number of rotatable bonds is 3. The first-order chi connectivity index (χ1) is 9.34. The lowest BCUT2D eigenvalue weighted by molar-refractivity contribution is -0.165. The van der Waals surface area contributed by atoms with Crippen molar-refractivity contribution in [1.82, 2.24) is 4.90 Å². The van der Waals surface area contributed by atoms with Crippen molar-refractivity contribution in [2.24, 2.45) is 0 Å². The summed E-state index contributed by atoms with van der Waals surface area (Å²) >= 11 is 0. The van der Waals surface area contributed by atoms with Crippen molar-refractivity contribution in [2.45, 2.75) is 44.8 Å². The molecule has 1 rings (SSSR count). The summed E-state index contributed by atoms with van der Waals surface area (Å²) in [6.45, 7) is 4.14. The zero-order valence-electron chi connectivity index (χ0n) is 11.5. The third-order valence-electron chi connectivity index (χ3n) is 3.17. The molecule has 7 heteroatoms. The second-order valence-corrected chi connectivity index (χ2v) is 4.48. The van der Waals surface area contributed by atoms with E-state index in [2.05, 4.69) is 0 Å². The van der Waals surface area contributed by atoms with Gasteiger partial charge in [0.1, 0.15) is 6.10 Å². The highest BCUT2D eigenvalue weighted by Gasteiger charge is 2.50. The molecule has 1 aliphatic rings. The fraction of sp³-hybridized carbons (Fsp3) is 0.692. The number of ketones is 1. The number of hydrogen-bond acceptors (Lipinski definition) is 4. The summed E-state index contributed by atoms with van der Waals surface area (Å²) in [5.74, 6) is -5.51. The summed E-state index contributed by atoms with van der Waals surface area (Å²) in [5.41, 5.74) is 0. The summed E-state index contributed by atoms with van der Waals surface area (Å²) in [6.07, 6.45) is -2.05. The van der Waals surface area contributed by atoms with Gasteiger partial charge in [0.05, 0.1) is 0 Å². The molecule has 0 aromatic heterocycles. The molecule has 0 radical (unpaired) electrons. The van der Waals surface area contributed by atoms with Crippen LogP contribution in [0.2, 0.25) is 0 Å². The van der Waals surface area contributed by atoms with Crippen LogP contribution >= 0.6 is 0 Å². The van der Waals surface area contributed by atoms with Crippen LogP contribution in [0.3, 0.4) is 0 Å². The lowest BCUT2D eigenvalue weighted by Gasteiger charge is -2.27. The van der Waals surface area contributed by atoms with Crippen LogP contribution in [0.15, 0.2) is 12.2 Å². The van der Waals surface area contributed by atoms with Gasteiger partial charge in [-0.3, -0.25) is 4.79 Å². The number of aliphatic hydroxyl groups is 1. The van der Waals surface area contributed by atoms with Gasteiger partial charge in [-0.05, 0) is 26.7 Å². The number of amides is 1. The molecule has 0 heterocycles. The molecule has 2 atom stereocenters. The van der Waals surface area contributed by atoms with Gasteiger partial charge in [-0.15, -0.1) is 0 Å². The van der Waals surface area contributed by atoms with Crippen molar-refractivity contribution in [3.63, 3.8) is 0 Å². The molecule has 20 heavy (non-hydrogen) atoms. The number of Topliss-reactive ketones (excluding diaryl/α,β-unsaturated/α-hetero) is 1. The van der Waals surface area contributed by atoms with Gasteiger partial charge in [0.2, 0.25) is 5.78 Å². The summed E-state index contributed by atoms with van der Waals surface area (Å²) < 4.78 is 32.2. The second kappa shape index (κ2) is 6.78. The molecule has 0 unspecified atom stereocenters. The largest absolute Gasteiger partial charge is 0.438 e. The molecule has 0 aromatic carbocycles. The normalized spacial score (nSPS) is 27.4. The van der Waals surface area contributed by atoms with Gasteiger partial charge in [-0.1, -0.05) is 12.2 Å². The van der Waals surface area contributed by atoms with E-state index < -0.39 is 30.0 Å². The number of halogens is 2. The first-order valence-corrected chi connectivity index (χ1v) is 6.57. The second-order valence-electron chi connectivity index (χ2n) is 4.48. The highest BCUT2D eigenvalue weighted by atomic mass is 19.3. The van der Waals surface area contributed by atoms with Crippen LogP contribution in [0, 0.1) is 0 Å². The van der Waals surface area contributed by atoms with Gasteiger partial charge in [0.15, 0.2) is 6.10 Å². The van der Waals surface area contributed by atoms with Crippen LogP contribution in [-0.4, -0.2) is 53.1 Å². The molecule has 5 nitrogen and oxygen atoms in total. The quantitative estimate of drug-likeness (QED) is 0.804. The average molecular weight is 291 g/mol. The van der Waals surface area contributed by atoms with E-state index >= 15 is 0 Å². The zero-order chi connectivity index (χ0) is 15.3. The summed E-state index contributed by atoms with van der Waals surface area (Å²) in [5, 5.41) is 9.26. The average Bonchev–Trinajstić information content (AvgIpc) is 2.41. The number of ether oxygens (including phenoxy) is 1. The van der Waals surface area contributed by atoms with E-state index in [-0.39, 0.29) is 12.8 Å². The monoisotopic (exact) mass is 291 g/mol. The minimum absolute atomic E-state index is 0.0232. The molecule has 0 bridgehead atoms. The van der Waals surface area contributed by atoms with E-state index in [0.29, 0.717) is 13.1 Å². The summed E-state index contributed by atoms with van der Waals surface area (Å²) in [4.78, 5) is 24.7. The Morgan fingerprint density at radius 2 is 2.10 bits per heavy atom. The Morgan fingerprint density at radius 1 is 1.50 bits per heavy atom. The van der Waals surface area contributed by atoms with Crippen molar-refractivity contribution in [3.05, 3.63) is 12.2 Å². The van der Waals surface area contributed by atoms with E-state index in [0.717, 1.165) is 6.08 Å². The summed E-state index contributed by atoms with van der Waals surface area (Å²) in [6, 6.07) is 0. The topological polar surface area (TPSA) is 66.8 Å². The Balaban J connectivity index is 2.86. The number of allylic oxidation sites excluding steroid dienone is 1. The molecular weight excluding hydrogens is 272 g/mol. The lowest BCUT2D eigenvalue weighted by atomic mass is 9.96. The van der Waals surface area contributed by atoms with E-state index in [1.54, 1.807) is 13.8 Å². The minimum Gasteiger partial charge on any atom is -0.438 e. The minimum atomic E-state index is -3.95. The molecule has 114 valence electrons. The van der Waals surface area contributed by atoms with Gasteiger partial charge < -0.3 is 14.7 Å². The Bertz CT molecular complexity index is 394. The van der Waals surface area contributed by atoms with Crippen molar-refractivity contribution >= 4 is 11.9 Å². The van der Waals surface area contributed by atoms with Crippen LogP contribution in [0.5, 0.6) is 0 Å². The molecule has 0 spiro atoms. The Hall–Kier alpha value is -1.50. The number of carbonyl (C=O) groups is 2. The standard InChI is InChI=1S/C13H19F2NO4/c1-3-16(4-2)12(19)20-9-7-5-6-8-10(17)13(14,15)11(9)18/h6,8-10,17H,3-5,7H2,1-2H3/b8-6-/t9-,10+/m1/s1. The van der Waals surface area contributed by atoms with E-state index in [1.165, 1.54) is 11.0 Å². The number of nitrogens with zero attached hydrogens (tertiary/aromatic N) is 1. The number of alkyl halides is 2. The maximum absolute atomic E-state index is 13.6. The number of hydrogen-bond donors (Lipinski definition) is 1. The third-order valence-corrected chi connectivity index (χ3v) is 3.17. The highest BCUT2D eigenvalue weighted by molar-refractivity contribution is 5.92. The molecule has 0 saturated carbocycles. The molecule has 0 aliphatic heterocycles. The Kier molecular flexibility index (Phi) is 5.62. The Labute approximate surface area is 116 Å². The number of aliphatic hydroxyl groups excluding tert-OH is 1. The van der Waals surface area contributed by atoms with Crippen molar-refractivity contribution in [3.8, 4) is 0 Å². The number of carbonyl (C=O) groups excluding carboxylic acids is 2. The van der Waals surface area contributed by atoms with E-state index in [9.17, 15) is 23.5 Å². The van der Waals surface area contributed by atoms with Crippen LogP contribution in [-0.2, 0) is 9.53 Å². The fourth-order valence-corrected chi connectivity index (χ4v) is 1.88. The zero-order valence-corrected chi connectivity index (χ0v) is 11.5. The van der Waals surface area contributed by atoms with Crippen LogP contribution in [0.25, 0.3) is 0 Å². The molecule has 1 aliphatic carbocycles. The van der Waals surface area contributed by atoms with Gasteiger partial charge in [0.25, 0.3) is 0 Å². The molecule has 1 amide bonds. The maximum Gasteiger partial charge on any atom is 0.410 e. The van der Waals surface area contributed by atoms with Crippen LogP contribution in [0.4, 0.5) is 13.6 Å². The molecule has 1 N–H and O–H groups in total. The van der Waals surface area contributed by atoms with Crippen LogP contribution in [0.1, 0.15) is 26.7 Å². The van der Waals surface area contributed by atoms with E-state index in [1.807, 2.05) is 0 Å². The van der Waals surface area contributed by atoms with E-state index in [4.69, 9.17) is 4.74 Å². The molecule has 0 aromatic rings. The lowest BCUT2D eigenvalue weighted by Crippen LogP contribution is -2.49.